The van der Waals surface area contributed by atoms with Gasteiger partial charge in [0.1, 0.15) is 5.82 Å². The summed E-state index contributed by atoms with van der Waals surface area (Å²) in [4.78, 5) is 28.3. The molecule has 0 aliphatic carbocycles. The van der Waals surface area contributed by atoms with E-state index in [-0.39, 0.29) is 5.91 Å². The summed E-state index contributed by atoms with van der Waals surface area (Å²) in [7, 11) is 0. The number of benzene rings is 1. The number of hydrogen-bond donors (Lipinski definition) is 4. The Morgan fingerprint density at radius 1 is 1.15 bits per heavy atom. The number of hydrogen-bond acceptors (Lipinski definition) is 6. The van der Waals surface area contributed by atoms with Gasteiger partial charge in [-0.2, -0.15) is 0 Å². The summed E-state index contributed by atoms with van der Waals surface area (Å²) in [6.45, 7) is 2.04. The summed E-state index contributed by atoms with van der Waals surface area (Å²) >= 11 is 1.63. The molecule has 138 valence electrons. The van der Waals surface area contributed by atoms with E-state index in [0.717, 1.165) is 10.6 Å². The topological polar surface area (TPSA) is 109 Å². The summed E-state index contributed by atoms with van der Waals surface area (Å²) in [6.07, 6.45) is 1.44. The van der Waals surface area contributed by atoms with E-state index in [9.17, 15) is 9.59 Å². The first-order valence-electron chi connectivity index (χ1n) is 8.22. The van der Waals surface area contributed by atoms with Crippen LogP contribution in [0.25, 0.3) is 0 Å². The zero-order valence-electron chi connectivity index (χ0n) is 14.7. The Balaban J connectivity index is 1.80. The molecule has 0 saturated heterocycles. The Labute approximate surface area is 160 Å². The number of aromatic nitrogens is 1. The second kappa shape index (κ2) is 8.33. The third-order valence-corrected chi connectivity index (χ3v) is 4.53. The second-order valence-electron chi connectivity index (χ2n) is 5.80. The third-order valence-electron chi connectivity index (χ3n) is 3.66. The standard InChI is InChI=1S/C19H19N5O2S/c1-12(25)23-13-4-2-5-14(8-13)24-18-9-17(16(11-22-18)19(20)26)21-10-15-6-3-7-27-15/h2-9,11H,10H2,1H3,(H2,20,26)(H,23,25)(H2,21,22,24). The third kappa shape index (κ3) is 5.05. The van der Waals surface area contributed by atoms with Crippen molar-refractivity contribution in [3.05, 3.63) is 64.5 Å². The van der Waals surface area contributed by atoms with Gasteiger partial charge < -0.3 is 21.7 Å². The summed E-state index contributed by atoms with van der Waals surface area (Å²) in [5.41, 5.74) is 7.81. The molecule has 2 heterocycles. The van der Waals surface area contributed by atoms with E-state index in [0.29, 0.717) is 29.3 Å². The van der Waals surface area contributed by atoms with Gasteiger partial charge in [0.2, 0.25) is 5.91 Å². The number of rotatable bonds is 7. The van der Waals surface area contributed by atoms with Crippen molar-refractivity contribution in [2.45, 2.75) is 13.5 Å². The number of carbonyl (C=O) groups is 2. The molecule has 5 N–H and O–H groups in total. The van der Waals surface area contributed by atoms with Crippen LogP contribution in [0.4, 0.5) is 22.9 Å². The van der Waals surface area contributed by atoms with Gasteiger partial charge in [0.25, 0.3) is 5.91 Å². The lowest BCUT2D eigenvalue weighted by Gasteiger charge is -2.13. The van der Waals surface area contributed by atoms with Crippen LogP contribution in [0.15, 0.2) is 54.0 Å². The van der Waals surface area contributed by atoms with Crippen molar-refractivity contribution < 1.29 is 9.59 Å². The molecule has 0 fully saturated rings. The number of nitrogens with zero attached hydrogens (tertiary/aromatic N) is 1. The average Bonchev–Trinajstić information content (AvgIpc) is 3.13. The maximum absolute atomic E-state index is 11.7. The Morgan fingerprint density at radius 2 is 1.96 bits per heavy atom. The van der Waals surface area contributed by atoms with Gasteiger partial charge in [-0.25, -0.2) is 4.98 Å². The van der Waals surface area contributed by atoms with Gasteiger partial charge in [-0.1, -0.05) is 12.1 Å². The number of amides is 2. The monoisotopic (exact) mass is 381 g/mol. The Kier molecular flexibility index (Phi) is 5.68. The van der Waals surface area contributed by atoms with Crippen LogP contribution in [0.5, 0.6) is 0 Å². The van der Waals surface area contributed by atoms with Crippen molar-refractivity contribution in [2.24, 2.45) is 5.73 Å². The normalized spacial score (nSPS) is 10.3. The lowest BCUT2D eigenvalue weighted by molar-refractivity contribution is -0.114. The quantitative estimate of drug-likeness (QED) is 0.500. The molecule has 27 heavy (non-hydrogen) atoms. The largest absolute Gasteiger partial charge is 0.379 e. The average molecular weight is 381 g/mol. The molecule has 0 aliphatic rings. The molecular weight excluding hydrogens is 362 g/mol. The van der Waals surface area contributed by atoms with Crippen LogP contribution in [-0.2, 0) is 11.3 Å². The number of primary amides is 1. The molecular formula is C19H19N5O2S. The minimum atomic E-state index is -0.546. The maximum atomic E-state index is 11.7. The van der Waals surface area contributed by atoms with Gasteiger partial charge >= 0.3 is 0 Å². The predicted octanol–water partition coefficient (Wildman–Crippen LogP) is 3.56. The summed E-state index contributed by atoms with van der Waals surface area (Å²) in [6, 6.07) is 13.0. The van der Waals surface area contributed by atoms with Crippen molar-refractivity contribution in [3.8, 4) is 0 Å². The highest BCUT2D eigenvalue weighted by Gasteiger charge is 2.11. The second-order valence-corrected chi connectivity index (χ2v) is 6.83. The van der Waals surface area contributed by atoms with Gasteiger partial charge in [0.15, 0.2) is 0 Å². The van der Waals surface area contributed by atoms with Crippen LogP contribution in [0, 0.1) is 0 Å². The lowest BCUT2D eigenvalue weighted by atomic mass is 10.2. The zero-order chi connectivity index (χ0) is 19.2. The molecule has 3 aromatic rings. The minimum Gasteiger partial charge on any atom is -0.379 e. The van der Waals surface area contributed by atoms with Gasteiger partial charge in [-0.3, -0.25) is 9.59 Å². The molecule has 0 aliphatic heterocycles. The number of carbonyl (C=O) groups excluding carboxylic acids is 2. The van der Waals surface area contributed by atoms with Crippen molar-refractivity contribution in [2.75, 3.05) is 16.0 Å². The van der Waals surface area contributed by atoms with E-state index < -0.39 is 5.91 Å². The van der Waals surface area contributed by atoms with Gasteiger partial charge in [-0.05, 0) is 29.6 Å². The summed E-state index contributed by atoms with van der Waals surface area (Å²) in [5.74, 6) is -0.139. The van der Waals surface area contributed by atoms with Crippen LogP contribution < -0.4 is 21.7 Å². The number of nitrogens with one attached hydrogen (secondary N) is 3. The Hall–Kier alpha value is -3.39. The zero-order valence-corrected chi connectivity index (χ0v) is 15.5. The minimum absolute atomic E-state index is 0.142. The molecule has 0 saturated carbocycles. The Bertz CT molecular complexity index is 956. The molecule has 8 heteroatoms. The molecule has 7 nitrogen and oxygen atoms in total. The lowest BCUT2D eigenvalue weighted by Crippen LogP contribution is -2.15. The molecule has 0 radical (unpaired) electrons. The highest BCUT2D eigenvalue weighted by molar-refractivity contribution is 7.09. The van der Waals surface area contributed by atoms with E-state index in [2.05, 4.69) is 20.9 Å². The van der Waals surface area contributed by atoms with E-state index in [4.69, 9.17) is 5.73 Å². The number of thiophene rings is 1. The first-order chi connectivity index (χ1) is 13.0. The van der Waals surface area contributed by atoms with E-state index >= 15 is 0 Å². The number of anilines is 4. The van der Waals surface area contributed by atoms with Crippen LogP contribution in [0.3, 0.4) is 0 Å². The molecule has 3 rings (SSSR count). The number of nitrogens with two attached hydrogens (primary N) is 1. The SMILES string of the molecule is CC(=O)Nc1cccc(Nc2cc(NCc3cccs3)c(C(N)=O)cn2)c1. The van der Waals surface area contributed by atoms with Crippen molar-refractivity contribution in [1.29, 1.82) is 0 Å². The molecule has 0 bridgehead atoms. The van der Waals surface area contributed by atoms with Crippen LogP contribution in [0.2, 0.25) is 0 Å². The van der Waals surface area contributed by atoms with Crippen molar-refractivity contribution >= 4 is 46.0 Å². The van der Waals surface area contributed by atoms with Crippen molar-refractivity contribution in [1.82, 2.24) is 4.98 Å². The summed E-state index contributed by atoms with van der Waals surface area (Å²) in [5, 5.41) is 11.1. The van der Waals surface area contributed by atoms with E-state index in [1.165, 1.54) is 13.1 Å². The van der Waals surface area contributed by atoms with Crippen LogP contribution in [0.1, 0.15) is 22.2 Å². The van der Waals surface area contributed by atoms with E-state index in [1.807, 2.05) is 29.6 Å². The predicted molar refractivity (Wildman–Crippen MR) is 108 cm³/mol. The fourth-order valence-electron chi connectivity index (χ4n) is 2.49. The molecule has 2 amide bonds. The molecule has 0 unspecified atom stereocenters. The first-order valence-corrected chi connectivity index (χ1v) is 9.10. The molecule has 0 spiro atoms. The number of pyridine rings is 1. The smallest absolute Gasteiger partial charge is 0.252 e. The van der Waals surface area contributed by atoms with Gasteiger partial charge in [-0.15, -0.1) is 11.3 Å². The fraction of sp³-hybridized carbons (Fsp3) is 0.105. The first kappa shape index (κ1) is 18.4. The van der Waals surface area contributed by atoms with Crippen LogP contribution in [-0.4, -0.2) is 16.8 Å². The fourth-order valence-corrected chi connectivity index (χ4v) is 3.13. The van der Waals surface area contributed by atoms with Crippen molar-refractivity contribution in [3.63, 3.8) is 0 Å². The summed E-state index contributed by atoms with van der Waals surface area (Å²) < 4.78 is 0. The molecule has 0 atom stereocenters. The highest BCUT2D eigenvalue weighted by Crippen LogP contribution is 2.24. The van der Waals surface area contributed by atoms with Gasteiger partial charge in [0.05, 0.1) is 11.3 Å². The Morgan fingerprint density at radius 3 is 2.67 bits per heavy atom. The molecule has 2 aromatic heterocycles. The molecule has 1 aromatic carbocycles. The maximum Gasteiger partial charge on any atom is 0.252 e. The van der Waals surface area contributed by atoms with Crippen LogP contribution >= 0.6 is 11.3 Å². The van der Waals surface area contributed by atoms with Gasteiger partial charge in [0, 0.05) is 42.0 Å². The highest BCUT2D eigenvalue weighted by atomic mass is 32.1. The van der Waals surface area contributed by atoms with E-state index in [1.54, 1.807) is 29.5 Å².